The van der Waals surface area contributed by atoms with Crippen LogP contribution in [-0.2, 0) is 14.8 Å². The molecular formula is C18H24F2N2O3S. The number of amides is 1. The minimum atomic E-state index is -3.56. The van der Waals surface area contributed by atoms with Crippen LogP contribution in [0.25, 0.3) is 0 Å². The van der Waals surface area contributed by atoms with Crippen molar-refractivity contribution < 1.29 is 22.0 Å². The van der Waals surface area contributed by atoms with E-state index in [9.17, 15) is 22.0 Å². The van der Waals surface area contributed by atoms with E-state index in [0.29, 0.717) is 37.2 Å². The zero-order chi connectivity index (χ0) is 18.9. The Labute approximate surface area is 153 Å². The molecular weight excluding hydrogens is 362 g/mol. The molecule has 1 aliphatic heterocycles. The Morgan fingerprint density at radius 1 is 1.27 bits per heavy atom. The third-order valence-corrected chi connectivity index (χ3v) is 6.32. The first-order chi connectivity index (χ1) is 12.2. The number of sulfonamides is 1. The zero-order valence-corrected chi connectivity index (χ0v) is 15.6. The first-order valence-electron chi connectivity index (χ1n) is 8.92. The molecule has 0 radical (unpaired) electrons. The number of anilines is 2. The van der Waals surface area contributed by atoms with E-state index in [0.717, 1.165) is 12.7 Å². The van der Waals surface area contributed by atoms with Crippen molar-refractivity contribution in [3.63, 3.8) is 0 Å². The average Bonchev–Trinajstić information content (AvgIpc) is 2.99. The zero-order valence-electron chi connectivity index (χ0n) is 14.8. The Hall–Kier alpha value is -1.70. The fourth-order valence-corrected chi connectivity index (χ4v) is 4.66. The molecule has 0 unspecified atom stereocenters. The average molecular weight is 386 g/mol. The molecule has 26 heavy (non-hydrogen) atoms. The van der Waals surface area contributed by atoms with Crippen LogP contribution in [-0.4, -0.2) is 39.6 Å². The molecule has 2 aliphatic rings. The van der Waals surface area contributed by atoms with Gasteiger partial charge in [-0.3, -0.25) is 9.10 Å². The first kappa shape index (κ1) is 19.1. The summed E-state index contributed by atoms with van der Waals surface area (Å²) in [5.41, 5.74) is 1.15. The summed E-state index contributed by atoms with van der Waals surface area (Å²) >= 11 is 0. The van der Waals surface area contributed by atoms with Gasteiger partial charge < -0.3 is 4.90 Å². The summed E-state index contributed by atoms with van der Waals surface area (Å²) in [7, 11) is -3.56. The van der Waals surface area contributed by atoms with Gasteiger partial charge >= 0.3 is 0 Å². The van der Waals surface area contributed by atoms with Crippen LogP contribution in [0.2, 0.25) is 0 Å². The van der Waals surface area contributed by atoms with Crippen LogP contribution in [0.4, 0.5) is 20.2 Å². The molecule has 1 aromatic rings. The first-order valence-corrected chi connectivity index (χ1v) is 10.8. The highest BCUT2D eigenvalue weighted by Gasteiger charge is 2.36. The fraction of sp³-hybridized carbons (Fsp3) is 0.611. The second kappa shape index (κ2) is 7.13. The Balaban J connectivity index is 1.81. The van der Waals surface area contributed by atoms with Crippen molar-refractivity contribution >= 4 is 27.3 Å². The molecule has 3 rings (SSSR count). The van der Waals surface area contributed by atoms with E-state index in [4.69, 9.17) is 0 Å². The van der Waals surface area contributed by atoms with Gasteiger partial charge in [0, 0.05) is 38.0 Å². The number of halogens is 2. The van der Waals surface area contributed by atoms with Gasteiger partial charge in [0.25, 0.3) is 0 Å². The van der Waals surface area contributed by atoms with Gasteiger partial charge in [-0.25, -0.2) is 17.2 Å². The molecule has 5 nitrogen and oxygen atoms in total. The van der Waals surface area contributed by atoms with Crippen LogP contribution in [0.3, 0.4) is 0 Å². The highest BCUT2D eigenvalue weighted by atomic mass is 32.2. The molecule has 1 heterocycles. The summed E-state index contributed by atoms with van der Waals surface area (Å²) in [5, 5.41) is 0. The number of carbonyl (C=O) groups is 1. The van der Waals surface area contributed by atoms with Gasteiger partial charge in [0.1, 0.15) is 0 Å². The van der Waals surface area contributed by atoms with Crippen LogP contribution in [0.15, 0.2) is 24.3 Å². The van der Waals surface area contributed by atoms with Gasteiger partial charge in [-0.1, -0.05) is 6.07 Å². The lowest BCUT2D eigenvalue weighted by atomic mass is 9.87. The Morgan fingerprint density at radius 3 is 2.54 bits per heavy atom. The van der Waals surface area contributed by atoms with Crippen molar-refractivity contribution in [3.05, 3.63) is 24.3 Å². The monoisotopic (exact) mass is 386 g/mol. The predicted octanol–water partition coefficient (Wildman–Crippen LogP) is 3.40. The Kier molecular flexibility index (Phi) is 5.23. The van der Waals surface area contributed by atoms with Gasteiger partial charge in [0.05, 0.1) is 11.9 Å². The molecule has 1 aromatic carbocycles. The van der Waals surface area contributed by atoms with Gasteiger partial charge in [-0.05, 0) is 43.4 Å². The van der Waals surface area contributed by atoms with Gasteiger partial charge in [-0.15, -0.1) is 0 Å². The van der Waals surface area contributed by atoms with Crippen molar-refractivity contribution in [2.24, 2.45) is 5.92 Å². The molecule has 144 valence electrons. The van der Waals surface area contributed by atoms with E-state index >= 15 is 0 Å². The van der Waals surface area contributed by atoms with Gasteiger partial charge in [-0.2, -0.15) is 0 Å². The number of hydrogen-bond donors (Lipinski definition) is 0. The number of nitrogens with zero attached hydrogens (tertiary/aromatic N) is 2. The molecule has 2 fully saturated rings. The summed E-state index contributed by atoms with van der Waals surface area (Å²) in [6, 6.07) is 6.89. The van der Waals surface area contributed by atoms with E-state index in [1.807, 2.05) is 0 Å². The molecule has 1 saturated carbocycles. The minimum absolute atomic E-state index is 0.0302. The normalized spacial score (nSPS) is 21.2. The van der Waals surface area contributed by atoms with Crippen molar-refractivity contribution in [2.75, 3.05) is 28.6 Å². The van der Waals surface area contributed by atoms with E-state index < -0.39 is 15.9 Å². The number of benzene rings is 1. The maximum Gasteiger partial charge on any atom is 0.248 e. The maximum absolute atomic E-state index is 13.4. The lowest BCUT2D eigenvalue weighted by molar-refractivity contribution is -0.117. The van der Waals surface area contributed by atoms with E-state index in [2.05, 4.69) is 0 Å². The molecule has 0 atom stereocenters. The van der Waals surface area contributed by atoms with Gasteiger partial charge in [0.15, 0.2) is 0 Å². The third-order valence-electron chi connectivity index (χ3n) is 5.16. The third kappa shape index (κ3) is 4.34. The van der Waals surface area contributed by atoms with E-state index in [1.165, 1.54) is 4.31 Å². The van der Waals surface area contributed by atoms with Crippen LogP contribution in [0.5, 0.6) is 0 Å². The summed E-state index contributed by atoms with van der Waals surface area (Å²) < 4.78 is 52.7. The van der Waals surface area contributed by atoms with Crippen molar-refractivity contribution in [3.8, 4) is 0 Å². The van der Waals surface area contributed by atoms with Crippen molar-refractivity contribution in [1.29, 1.82) is 0 Å². The second-order valence-corrected chi connectivity index (χ2v) is 9.17. The molecule has 0 spiro atoms. The molecule has 1 aliphatic carbocycles. The quantitative estimate of drug-likeness (QED) is 0.779. The number of carbonyl (C=O) groups excluding carboxylic acids is 1. The van der Waals surface area contributed by atoms with Crippen LogP contribution >= 0.6 is 0 Å². The Bertz CT molecular complexity index is 772. The smallest absolute Gasteiger partial charge is 0.248 e. The fourth-order valence-electron chi connectivity index (χ4n) is 3.69. The Morgan fingerprint density at radius 2 is 1.96 bits per heavy atom. The molecule has 8 heteroatoms. The summed E-state index contributed by atoms with van der Waals surface area (Å²) in [6.07, 6.45) is 2.63. The summed E-state index contributed by atoms with van der Waals surface area (Å²) in [5.74, 6) is -2.70. The molecule has 1 amide bonds. The van der Waals surface area contributed by atoms with Crippen molar-refractivity contribution in [1.82, 2.24) is 0 Å². The molecule has 0 N–H and O–H groups in total. The van der Waals surface area contributed by atoms with Gasteiger partial charge in [0.2, 0.25) is 21.9 Å². The largest absolute Gasteiger partial charge is 0.312 e. The maximum atomic E-state index is 13.4. The number of alkyl halides is 2. The SMILES string of the molecule is CS(=O)(=O)N(CC1CCC(F)(F)CC1)c1cccc(N2CCCC2=O)c1. The van der Waals surface area contributed by atoms with Crippen LogP contribution in [0.1, 0.15) is 38.5 Å². The minimum Gasteiger partial charge on any atom is -0.312 e. The highest BCUT2D eigenvalue weighted by molar-refractivity contribution is 7.92. The van der Waals surface area contributed by atoms with E-state index in [-0.39, 0.29) is 31.2 Å². The standard InChI is InChI=1S/C18H24F2N2O3S/c1-26(24,25)22(13-14-7-9-18(19,20)10-8-14)16-5-2-4-15(12-16)21-11-3-6-17(21)23/h2,4-5,12,14H,3,6-11,13H2,1H3. The summed E-state index contributed by atoms with van der Waals surface area (Å²) in [4.78, 5) is 13.6. The molecule has 0 bridgehead atoms. The molecule has 1 saturated heterocycles. The molecule has 0 aromatic heterocycles. The topological polar surface area (TPSA) is 57.7 Å². The number of rotatable bonds is 5. The van der Waals surface area contributed by atoms with Crippen molar-refractivity contribution in [2.45, 2.75) is 44.4 Å². The summed E-state index contributed by atoms with van der Waals surface area (Å²) in [6.45, 7) is 0.811. The van der Waals surface area contributed by atoms with Crippen LogP contribution in [0, 0.1) is 5.92 Å². The lowest BCUT2D eigenvalue weighted by Gasteiger charge is -2.33. The van der Waals surface area contributed by atoms with E-state index in [1.54, 1.807) is 29.2 Å². The number of hydrogen-bond acceptors (Lipinski definition) is 3. The lowest BCUT2D eigenvalue weighted by Crippen LogP contribution is -2.37. The highest BCUT2D eigenvalue weighted by Crippen LogP contribution is 2.37. The van der Waals surface area contributed by atoms with Crippen LogP contribution < -0.4 is 9.21 Å². The second-order valence-electron chi connectivity index (χ2n) is 7.26. The predicted molar refractivity (Wildman–Crippen MR) is 97.1 cm³/mol.